The lowest BCUT2D eigenvalue weighted by molar-refractivity contribution is -0.174. The molecule has 1 fully saturated rings. The van der Waals surface area contributed by atoms with Gasteiger partial charge in [-0.2, -0.15) is 13.2 Å². The average molecular weight is 447 g/mol. The summed E-state index contributed by atoms with van der Waals surface area (Å²) in [5.41, 5.74) is 4.87. The zero-order chi connectivity index (χ0) is 23.2. The van der Waals surface area contributed by atoms with Crippen LogP contribution in [0, 0.1) is 6.92 Å². The fourth-order valence-corrected chi connectivity index (χ4v) is 4.75. The van der Waals surface area contributed by atoms with Crippen molar-refractivity contribution in [3.63, 3.8) is 0 Å². The minimum absolute atomic E-state index is 0.249. The molecule has 0 spiro atoms. The van der Waals surface area contributed by atoms with Gasteiger partial charge < -0.3 is 20.2 Å². The Morgan fingerprint density at radius 1 is 1.16 bits per heavy atom. The third-order valence-corrected chi connectivity index (χ3v) is 6.30. The lowest BCUT2D eigenvalue weighted by atomic mass is 9.88. The molecule has 0 saturated carbocycles. The SMILES string of the molecule is Cc1cccc2c1C1CC(NC(=O)C(F)(F)F)CCN1c1ccc(C(=O)CO)cc1N2C. The van der Waals surface area contributed by atoms with E-state index in [1.165, 1.54) is 0 Å². The number of carbonyl (C=O) groups excluding carboxylic acids is 2. The van der Waals surface area contributed by atoms with E-state index >= 15 is 0 Å². The summed E-state index contributed by atoms with van der Waals surface area (Å²) in [4.78, 5) is 27.7. The molecule has 0 aromatic heterocycles. The van der Waals surface area contributed by atoms with Gasteiger partial charge in [0.05, 0.1) is 17.4 Å². The second-order valence-corrected chi connectivity index (χ2v) is 8.25. The number of aliphatic hydroxyl groups excluding tert-OH is 1. The molecular formula is C23H24F3N3O3. The quantitative estimate of drug-likeness (QED) is 0.703. The van der Waals surface area contributed by atoms with Gasteiger partial charge >= 0.3 is 12.1 Å². The Morgan fingerprint density at radius 2 is 1.91 bits per heavy atom. The van der Waals surface area contributed by atoms with Gasteiger partial charge in [-0.1, -0.05) is 12.1 Å². The Morgan fingerprint density at radius 3 is 2.59 bits per heavy atom. The summed E-state index contributed by atoms with van der Waals surface area (Å²) in [5.74, 6) is -2.31. The zero-order valence-corrected chi connectivity index (χ0v) is 17.7. The van der Waals surface area contributed by atoms with Crippen molar-refractivity contribution in [2.24, 2.45) is 0 Å². The number of fused-ring (bicyclic) bond motifs is 5. The van der Waals surface area contributed by atoms with Crippen LogP contribution < -0.4 is 15.1 Å². The van der Waals surface area contributed by atoms with Crippen molar-refractivity contribution in [2.45, 2.75) is 38.0 Å². The first kappa shape index (κ1) is 22.1. The van der Waals surface area contributed by atoms with Gasteiger partial charge in [-0.05, 0) is 49.6 Å². The maximum atomic E-state index is 12.8. The fourth-order valence-electron chi connectivity index (χ4n) is 4.75. The molecule has 2 atom stereocenters. The van der Waals surface area contributed by atoms with Crippen molar-refractivity contribution in [3.05, 3.63) is 53.1 Å². The highest BCUT2D eigenvalue weighted by Gasteiger charge is 2.42. The molecule has 4 rings (SSSR count). The van der Waals surface area contributed by atoms with Gasteiger partial charge in [0.2, 0.25) is 0 Å². The summed E-state index contributed by atoms with van der Waals surface area (Å²) in [7, 11) is 1.88. The van der Waals surface area contributed by atoms with Crippen LogP contribution in [0.4, 0.5) is 30.2 Å². The highest BCUT2D eigenvalue weighted by Crippen LogP contribution is 2.49. The molecule has 9 heteroatoms. The van der Waals surface area contributed by atoms with Crippen LogP contribution in [0.15, 0.2) is 36.4 Å². The molecule has 6 nitrogen and oxygen atoms in total. The predicted octanol–water partition coefficient (Wildman–Crippen LogP) is 3.64. The van der Waals surface area contributed by atoms with Gasteiger partial charge in [-0.25, -0.2) is 0 Å². The molecule has 2 aliphatic rings. The van der Waals surface area contributed by atoms with Crippen molar-refractivity contribution in [3.8, 4) is 0 Å². The molecular weight excluding hydrogens is 423 g/mol. The van der Waals surface area contributed by atoms with Gasteiger partial charge in [0.15, 0.2) is 5.78 Å². The number of alkyl halides is 3. The average Bonchev–Trinajstić information content (AvgIpc) is 2.86. The first-order valence-corrected chi connectivity index (χ1v) is 10.4. The van der Waals surface area contributed by atoms with Crippen molar-refractivity contribution in [1.29, 1.82) is 0 Å². The number of hydrogen-bond donors (Lipinski definition) is 2. The van der Waals surface area contributed by atoms with Crippen molar-refractivity contribution < 1.29 is 27.9 Å². The van der Waals surface area contributed by atoms with Crippen LogP contribution in [0.3, 0.4) is 0 Å². The molecule has 1 saturated heterocycles. The van der Waals surface area contributed by atoms with Crippen LogP contribution in [-0.4, -0.2) is 49.2 Å². The molecule has 32 heavy (non-hydrogen) atoms. The van der Waals surface area contributed by atoms with Crippen LogP contribution >= 0.6 is 0 Å². The van der Waals surface area contributed by atoms with Gasteiger partial charge in [0.25, 0.3) is 0 Å². The third-order valence-electron chi connectivity index (χ3n) is 6.30. The van der Waals surface area contributed by atoms with E-state index in [9.17, 15) is 27.9 Å². The molecule has 0 aliphatic carbocycles. The molecule has 2 aliphatic heterocycles. The van der Waals surface area contributed by atoms with Crippen LogP contribution in [0.1, 0.15) is 40.4 Å². The van der Waals surface area contributed by atoms with Gasteiger partial charge in [-0.3, -0.25) is 9.59 Å². The molecule has 0 radical (unpaired) electrons. The number of carbonyl (C=O) groups is 2. The molecule has 0 bridgehead atoms. The summed E-state index contributed by atoms with van der Waals surface area (Å²) in [6.45, 7) is 1.81. The molecule has 2 heterocycles. The number of halogens is 3. The lowest BCUT2D eigenvalue weighted by Crippen LogP contribution is -2.49. The van der Waals surface area contributed by atoms with Gasteiger partial charge in [0.1, 0.15) is 6.61 Å². The minimum Gasteiger partial charge on any atom is -0.388 e. The number of amides is 1. The van der Waals surface area contributed by atoms with Gasteiger partial charge in [-0.15, -0.1) is 0 Å². The topological polar surface area (TPSA) is 72.9 Å². The summed E-state index contributed by atoms with van der Waals surface area (Å²) in [6.07, 6.45) is -4.23. The smallest absolute Gasteiger partial charge is 0.388 e. The van der Waals surface area contributed by atoms with Crippen LogP contribution in [0.2, 0.25) is 0 Å². The Hall–Kier alpha value is -3.07. The molecule has 2 unspecified atom stereocenters. The van der Waals surface area contributed by atoms with Gasteiger partial charge in [0, 0.05) is 36.4 Å². The minimum atomic E-state index is -4.92. The third kappa shape index (κ3) is 3.81. The molecule has 170 valence electrons. The van der Waals surface area contributed by atoms with Crippen molar-refractivity contribution in [2.75, 3.05) is 30.0 Å². The monoisotopic (exact) mass is 447 g/mol. The normalized spacial score (nSPS) is 20.1. The van der Waals surface area contributed by atoms with Crippen LogP contribution in [0.5, 0.6) is 0 Å². The number of nitrogens with one attached hydrogen (secondary N) is 1. The highest BCUT2D eigenvalue weighted by molar-refractivity contribution is 5.99. The van der Waals surface area contributed by atoms with E-state index in [1.807, 2.05) is 43.1 Å². The van der Waals surface area contributed by atoms with E-state index in [1.54, 1.807) is 12.1 Å². The van der Waals surface area contributed by atoms with Crippen molar-refractivity contribution in [1.82, 2.24) is 5.32 Å². The second kappa shape index (κ2) is 8.12. The summed E-state index contributed by atoms with van der Waals surface area (Å²) >= 11 is 0. The van der Waals surface area contributed by atoms with E-state index < -0.39 is 24.7 Å². The summed E-state index contributed by atoms with van der Waals surface area (Å²) in [6, 6.07) is 10.2. The summed E-state index contributed by atoms with van der Waals surface area (Å²) in [5, 5.41) is 11.4. The maximum absolute atomic E-state index is 12.8. The van der Waals surface area contributed by atoms with E-state index in [2.05, 4.69) is 10.2 Å². The summed E-state index contributed by atoms with van der Waals surface area (Å²) < 4.78 is 38.4. The number of anilines is 3. The Balaban J connectivity index is 1.79. The zero-order valence-electron chi connectivity index (χ0n) is 17.7. The van der Waals surface area contributed by atoms with Crippen LogP contribution in [0.25, 0.3) is 0 Å². The van der Waals surface area contributed by atoms with E-state index in [0.29, 0.717) is 24.9 Å². The molecule has 1 amide bonds. The van der Waals surface area contributed by atoms with E-state index in [-0.39, 0.29) is 11.8 Å². The standard InChI is InChI=1S/C23H24F3N3O3/c1-13-4-3-5-17-21(13)19-11-15(27-22(32)23(24,25)26)8-9-29(19)16-7-6-14(20(31)12-30)10-18(16)28(17)2/h3-7,10,15,19,30H,8-9,11-12H2,1-2H3,(H,27,32). The highest BCUT2D eigenvalue weighted by atomic mass is 19.4. The van der Waals surface area contributed by atoms with Crippen molar-refractivity contribution >= 4 is 28.8 Å². The number of piperidine rings is 1. The first-order valence-electron chi connectivity index (χ1n) is 10.4. The Kier molecular flexibility index (Phi) is 5.62. The predicted molar refractivity (Wildman–Crippen MR) is 114 cm³/mol. The Labute approximate surface area is 183 Å². The number of aliphatic hydroxyl groups is 1. The number of aryl methyl sites for hydroxylation is 1. The molecule has 2 N–H and O–H groups in total. The maximum Gasteiger partial charge on any atom is 0.471 e. The van der Waals surface area contributed by atoms with Crippen LogP contribution in [-0.2, 0) is 4.79 Å². The number of Topliss-reactive ketones (excluding diaryl/α,β-unsaturated/α-hetero) is 1. The molecule has 2 aromatic carbocycles. The largest absolute Gasteiger partial charge is 0.471 e. The number of benzene rings is 2. The molecule has 2 aromatic rings. The number of hydrogen-bond acceptors (Lipinski definition) is 5. The second-order valence-electron chi connectivity index (χ2n) is 8.25. The van der Waals surface area contributed by atoms with E-state index in [0.717, 1.165) is 28.2 Å². The Bertz CT molecular complexity index is 1070. The number of nitrogens with zero attached hydrogens (tertiary/aromatic N) is 2. The first-order chi connectivity index (χ1) is 15.1. The number of ketones is 1. The lowest BCUT2D eigenvalue weighted by Gasteiger charge is -2.41. The fraction of sp³-hybridized carbons (Fsp3) is 0.391. The number of rotatable bonds is 3. The van der Waals surface area contributed by atoms with E-state index in [4.69, 9.17) is 0 Å².